The summed E-state index contributed by atoms with van der Waals surface area (Å²) in [6.45, 7) is 0. The first-order chi connectivity index (χ1) is 3.63. The summed E-state index contributed by atoms with van der Waals surface area (Å²) in [5, 5.41) is 18.3. The molecule has 0 aromatic rings. The first kappa shape index (κ1) is 23.0. The molecule has 11 heavy (non-hydrogen) atoms. The molecule has 0 aromatic heterocycles. The summed E-state index contributed by atoms with van der Waals surface area (Å²) in [6, 6.07) is 0. The first-order valence-corrected chi connectivity index (χ1v) is 1.39. The van der Waals surface area contributed by atoms with E-state index in [4.69, 9.17) is 19.8 Å². The Bertz CT molecular complexity index is 103. The van der Waals surface area contributed by atoms with Crippen LogP contribution in [0.4, 0.5) is 14.3 Å². The van der Waals surface area contributed by atoms with Gasteiger partial charge < -0.3 is 29.6 Å². The Kier molecular flexibility index (Phi) is 29.8. The molecule has 0 aliphatic rings. The molecule has 0 unspecified atom stereocenters. The van der Waals surface area contributed by atoms with Gasteiger partial charge in [-0.15, -0.1) is 0 Å². The second-order valence-electron chi connectivity index (χ2n) is 0.667. The SMILES string of the molecule is F.O=C([O-])OOC(=O)[O-].[K+].[K+]. The molecule has 0 amide bonds. The molecule has 9 heteroatoms. The average molecular weight is 218 g/mol. The molecule has 0 spiro atoms. The van der Waals surface area contributed by atoms with Gasteiger partial charge in [0.15, 0.2) is 0 Å². The van der Waals surface area contributed by atoms with Gasteiger partial charge >= 0.3 is 103 Å². The molecule has 0 aliphatic carbocycles. The van der Waals surface area contributed by atoms with Gasteiger partial charge in [0, 0.05) is 0 Å². The Morgan fingerprint density at radius 2 is 1.09 bits per heavy atom. The predicted octanol–water partition coefficient (Wildman–Crippen LogP) is -8.22. The zero-order valence-electron chi connectivity index (χ0n) is 5.86. The molecule has 0 atom stereocenters. The van der Waals surface area contributed by atoms with Crippen LogP contribution in [0.5, 0.6) is 0 Å². The van der Waals surface area contributed by atoms with Crippen LogP contribution in [0.1, 0.15) is 0 Å². The minimum atomic E-state index is -2.09. The number of hydrogen-bond donors (Lipinski definition) is 0. The van der Waals surface area contributed by atoms with Gasteiger partial charge in [0.2, 0.25) is 0 Å². The molecule has 54 valence electrons. The van der Waals surface area contributed by atoms with E-state index in [0.717, 1.165) is 0 Å². The summed E-state index contributed by atoms with van der Waals surface area (Å²) >= 11 is 0. The number of carbonyl (C=O) groups is 2. The minimum Gasteiger partial charge on any atom is -0.424 e. The second-order valence-corrected chi connectivity index (χ2v) is 0.667. The van der Waals surface area contributed by atoms with Crippen molar-refractivity contribution in [2.75, 3.05) is 0 Å². The van der Waals surface area contributed by atoms with Gasteiger partial charge in [-0.3, -0.25) is 4.70 Å². The number of hydrogen-bond acceptors (Lipinski definition) is 6. The van der Waals surface area contributed by atoms with Crippen molar-refractivity contribution in [3.8, 4) is 0 Å². The fourth-order valence-corrected chi connectivity index (χ4v) is 0.0680. The molecule has 0 fully saturated rings. The third-order valence-electron chi connectivity index (χ3n) is 0.178. The van der Waals surface area contributed by atoms with E-state index in [1.165, 1.54) is 0 Å². The molecule has 0 bridgehead atoms. The predicted molar refractivity (Wildman–Crippen MR) is 15.5 cm³/mol. The van der Waals surface area contributed by atoms with Crippen LogP contribution >= 0.6 is 0 Å². The van der Waals surface area contributed by atoms with Gasteiger partial charge in [0.05, 0.1) is 0 Å². The van der Waals surface area contributed by atoms with E-state index >= 15 is 0 Å². The van der Waals surface area contributed by atoms with E-state index < -0.39 is 12.3 Å². The van der Waals surface area contributed by atoms with E-state index in [2.05, 4.69) is 9.78 Å². The van der Waals surface area contributed by atoms with Crippen molar-refractivity contribution < 1.29 is 137 Å². The van der Waals surface area contributed by atoms with Gasteiger partial charge in [-0.1, -0.05) is 0 Å². The molecular formula is C2HFK2O6. The van der Waals surface area contributed by atoms with E-state index in [-0.39, 0.29) is 107 Å². The molecular weight excluding hydrogens is 217 g/mol. The first-order valence-electron chi connectivity index (χ1n) is 1.39. The van der Waals surface area contributed by atoms with Crippen LogP contribution < -0.4 is 113 Å². The zero-order valence-corrected chi connectivity index (χ0v) is 12.1. The molecule has 0 saturated heterocycles. The molecule has 0 heterocycles. The number of rotatable bonds is 0. The van der Waals surface area contributed by atoms with Crippen molar-refractivity contribution in [3.05, 3.63) is 0 Å². The molecule has 6 nitrogen and oxygen atoms in total. The summed E-state index contributed by atoms with van der Waals surface area (Å²) in [6.07, 6.45) is -4.18. The van der Waals surface area contributed by atoms with Gasteiger partial charge in [-0.25, -0.2) is 0 Å². The maximum atomic E-state index is 9.15. The Labute approximate surface area is 146 Å². The third kappa shape index (κ3) is 24.5. The fraction of sp³-hybridized carbons (Fsp3) is 0. The number of halogens is 1. The molecule has 0 rings (SSSR count). The maximum absolute atomic E-state index is 9.15. The molecule has 0 saturated carbocycles. The quantitative estimate of drug-likeness (QED) is 0.227. The van der Waals surface area contributed by atoms with Crippen LogP contribution in [-0.4, -0.2) is 12.3 Å². The summed E-state index contributed by atoms with van der Waals surface area (Å²) in [5.74, 6) is 0. The van der Waals surface area contributed by atoms with E-state index in [1.807, 2.05) is 0 Å². The van der Waals surface area contributed by atoms with Crippen LogP contribution in [0.3, 0.4) is 0 Å². The van der Waals surface area contributed by atoms with Gasteiger partial charge in [0.25, 0.3) is 12.3 Å². The van der Waals surface area contributed by atoms with E-state index in [9.17, 15) is 0 Å². The average Bonchev–Trinajstić information content (AvgIpc) is 1.61. The van der Waals surface area contributed by atoms with Crippen molar-refractivity contribution in [1.82, 2.24) is 0 Å². The zero-order chi connectivity index (χ0) is 6.57. The van der Waals surface area contributed by atoms with Gasteiger partial charge in [-0.05, 0) is 0 Å². The topological polar surface area (TPSA) is 98.7 Å². The fourth-order valence-electron chi connectivity index (χ4n) is 0.0680. The standard InChI is InChI=1S/C2H2O6.FH.2K/c3-1(4)7-8-2(5)6;;;/h(H,3,4)(H,5,6);1H;;/q;;2*+1/p-2. The van der Waals surface area contributed by atoms with Crippen LogP contribution in [0.15, 0.2) is 0 Å². The van der Waals surface area contributed by atoms with Crippen molar-refractivity contribution in [3.63, 3.8) is 0 Å². The largest absolute Gasteiger partial charge is 1.00 e. The Hall–Kier alpha value is 1.74. The Balaban J connectivity index is -0.0000000817. The smallest absolute Gasteiger partial charge is 0.424 e. The van der Waals surface area contributed by atoms with Gasteiger partial charge in [0.1, 0.15) is 0 Å². The van der Waals surface area contributed by atoms with Crippen molar-refractivity contribution in [1.29, 1.82) is 0 Å². The van der Waals surface area contributed by atoms with E-state index in [0.29, 0.717) is 0 Å². The van der Waals surface area contributed by atoms with Crippen LogP contribution in [0.25, 0.3) is 0 Å². The van der Waals surface area contributed by atoms with Crippen LogP contribution in [0, 0.1) is 0 Å². The molecule has 0 aliphatic heterocycles. The number of carboxylic acid groups (broad SMARTS) is 2. The van der Waals surface area contributed by atoms with Crippen molar-refractivity contribution in [2.45, 2.75) is 0 Å². The third-order valence-corrected chi connectivity index (χ3v) is 0.178. The van der Waals surface area contributed by atoms with Gasteiger partial charge in [-0.2, -0.15) is 0 Å². The monoisotopic (exact) mass is 218 g/mol. The minimum absolute atomic E-state index is 0. The summed E-state index contributed by atoms with van der Waals surface area (Å²) in [7, 11) is 0. The van der Waals surface area contributed by atoms with E-state index in [1.54, 1.807) is 0 Å². The van der Waals surface area contributed by atoms with Crippen molar-refractivity contribution >= 4 is 12.3 Å². The molecule has 0 radical (unpaired) electrons. The maximum Gasteiger partial charge on any atom is 1.00 e. The summed E-state index contributed by atoms with van der Waals surface area (Å²) in [5.41, 5.74) is 0. The summed E-state index contributed by atoms with van der Waals surface area (Å²) < 4.78 is 0. The molecule has 0 N–H and O–H groups in total. The van der Waals surface area contributed by atoms with Crippen molar-refractivity contribution in [2.24, 2.45) is 0 Å². The molecule has 0 aromatic carbocycles. The number of carbonyl (C=O) groups excluding carboxylic acids is 2. The van der Waals surface area contributed by atoms with Crippen LogP contribution in [0.2, 0.25) is 0 Å². The summed E-state index contributed by atoms with van der Waals surface area (Å²) in [4.78, 5) is 24.2. The van der Waals surface area contributed by atoms with Crippen LogP contribution in [-0.2, 0) is 9.78 Å². The Morgan fingerprint density at radius 3 is 1.18 bits per heavy atom. The second kappa shape index (κ2) is 14.3. The Morgan fingerprint density at radius 1 is 0.909 bits per heavy atom. The normalized spacial score (nSPS) is 5.45.